The smallest absolute Gasteiger partial charge is 0.235 e. The van der Waals surface area contributed by atoms with Gasteiger partial charge in [0.05, 0.1) is 5.41 Å². The summed E-state index contributed by atoms with van der Waals surface area (Å²) in [6.45, 7) is 13.0. The molecule has 0 aromatic heterocycles. The quantitative estimate of drug-likeness (QED) is 0.630. The highest BCUT2D eigenvalue weighted by Gasteiger charge is 2.64. The fourth-order valence-corrected chi connectivity index (χ4v) is 5.66. The average molecular weight is 424 g/mol. The van der Waals surface area contributed by atoms with Crippen LogP contribution in [0.5, 0.6) is 0 Å². The van der Waals surface area contributed by atoms with E-state index >= 15 is 0 Å². The van der Waals surface area contributed by atoms with Gasteiger partial charge in [0.25, 0.3) is 0 Å². The first-order chi connectivity index (χ1) is 14.8. The number of nitrogens with zero attached hydrogens (tertiary/aromatic N) is 3. The van der Waals surface area contributed by atoms with Gasteiger partial charge in [-0.1, -0.05) is 63.3 Å². The summed E-state index contributed by atoms with van der Waals surface area (Å²) in [5.41, 5.74) is 0.640. The molecule has 2 heterocycles. The Hall–Kier alpha value is -1.98. The second-order valence-electron chi connectivity index (χ2n) is 10.2. The van der Waals surface area contributed by atoms with Crippen LogP contribution in [0.3, 0.4) is 0 Å². The summed E-state index contributed by atoms with van der Waals surface area (Å²) in [4.78, 5) is 32.6. The number of benzene rings is 1. The van der Waals surface area contributed by atoms with Gasteiger partial charge in [0.2, 0.25) is 11.8 Å². The van der Waals surface area contributed by atoms with Gasteiger partial charge in [-0.25, -0.2) is 0 Å². The van der Waals surface area contributed by atoms with E-state index in [0.717, 1.165) is 58.5 Å². The topological polar surface area (TPSA) is 43.9 Å². The SMILES string of the molecule is CC1(C)[C@@H]2CC[C@]1(C)C(=O)N(CCCN1CCN(C/C=C/c3ccccc3)CC1)C2=O. The molecular weight excluding hydrogens is 386 g/mol. The van der Waals surface area contributed by atoms with Crippen molar-refractivity contribution in [3.05, 3.63) is 42.0 Å². The molecule has 2 saturated heterocycles. The molecule has 1 aromatic carbocycles. The first-order valence-corrected chi connectivity index (χ1v) is 11.8. The van der Waals surface area contributed by atoms with E-state index in [1.165, 1.54) is 5.56 Å². The van der Waals surface area contributed by atoms with Crippen LogP contribution in [-0.4, -0.2) is 72.3 Å². The zero-order valence-electron chi connectivity index (χ0n) is 19.3. The summed E-state index contributed by atoms with van der Waals surface area (Å²) < 4.78 is 0. The molecule has 3 fully saturated rings. The van der Waals surface area contributed by atoms with Crippen molar-refractivity contribution in [2.75, 3.05) is 45.8 Å². The first kappa shape index (κ1) is 22.2. The highest BCUT2D eigenvalue weighted by atomic mass is 16.2. The number of hydrogen-bond acceptors (Lipinski definition) is 4. The standard InChI is InChI=1S/C26H37N3O2/c1-25(2)22-12-13-26(25,3)24(31)29(23(22)30)16-8-15-28-19-17-27(18-20-28)14-7-11-21-9-5-4-6-10-21/h4-7,9-11,22H,8,12-20H2,1-3H3/b11-7+/t22-,26-/m1/s1. The van der Waals surface area contributed by atoms with Crippen molar-refractivity contribution >= 4 is 17.9 Å². The molecule has 0 N–H and O–H groups in total. The second-order valence-corrected chi connectivity index (χ2v) is 10.2. The van der Waals surface area contributed by atoms with Gasteiger partial charge in [-0.05, 0) is 36.8 Å². The molecule has 2 bridgehead atoms. The van der Waals surface area contributed by atoms with Gasteiger partial charge in [0.1, 0.15) is 0 Å². The third-order valence-corrected chi connectivity index (χ3v) is 8.30. The van der Waals surface area contributed by atoms with Crippen LogP contribution >= 0.6 is 0 Å². The molecule has 3 aliphatic rings. The molecule has 31 heavy (non-hydrogen) atoms. The molecular formula is C26H37N3O2. The minimum Gasteiger partial charge on any atom is -0.301 e. The summed E-state index contributed by atoms with van der Waals surface area (Å²) in [5.74, 6) is 0.133. The highest BCUT2D eigenvalue weighted by molar-refractivity contribution is 6.03. The van der Waals surface area contributed by atoms with Crippen molar-refractivity contribution in [1.29, 1.82) is 0 Å². The number of carbonyl (C=O) groups is 2. The van der Waals surface area contributed by atoms with E-state index in [-0.39, 0.29) is 28.6 Å². The normalized spacial score (nSPS) is 29.3. The van der Waals surface area contributed by atoms with E-state index in [1.54, 1.807) is 4.90 Å². The van der Waals surface area contributed by atoms with Gasteiger partial charge in [0, 0.05) is 45.2 Å². The summed E-state index contributed by atoms with van der Waals surface area (Å²) >= 11 is 0. The number of piperidine rings is 1. The molecule has 5 nitrogen and oxygen atoms in total. The Kier molecular flexibility index (Phi) is 6.36. The zero-order chi connectivity index (χ0) is 22.1. The Morgan fingerprint density at radius 3 is 2.35 bits per heavy atom. The molecule has 168 valence electrons. The molecule has 1 aromatic rings. The molecule has 1 saturated carbocycles. The molecule has 0 unspecified atom stereocenters. The van der Waals surface area contributed by atoms with E-state index < -0.39 is 0 Å². The predicted molar refractivity (Wildman–Crippen MR) is 124 cm³/mol. The molecule has 2 atom stereocenters. The molecule has 0 spiro atoms. The van der Waals surface area contributed by atoms with E-state index in [9.17, 15) is 9.59 Å². The van der Waals surface area contributed by atoms with Crippen LogP contribution in [0.25, 0.3) is 6.08 Å². The van der Waals surface area contributed by atoms with Crippen LogP contribution < -0.4 is 0 Å². The molecule has 2 aliphatic heterocycles. The van der Waals surface area contributed by atoms with Crippen LogP contribution in [0.1, 0.15) is 45.6 Å². The maximum Gasteiger partial charge on any atom is 0.235 e. The molecule has 1 aliphatic carbocycles. The largest absolute Gasteiger partial charge is 0.301 e. The van der Waals surface area contributed by atoms with Gasteiger partial charge in [-0.3, -0.25) is 19.4 Å². The Morgan fingerprint density at radius 2 is 1.65 bits per heavy atom. The Labute approximate surface area is 187 Å². The van der Waals surface area contributed by atoms with Crippen molar-refractivity contribution in [3.63, 3.8) is 0 Å². The fourth-order valence-electron chi connectivity index (χ4n) is 5.66. The molecule has 0 radical (unpaired) electrons. The van der Waals surface area contributed by atoms with Gasteiger partial charge in [-0.15, -0.1) is 0 Å². The fraction of sp³-hybridized carbons (Fsp3) is 0.615. The molecule has 5 heteroatoms. The lowest BCUT2D eigenvalue weighted by molar-refractivity contribution is -0.167. The predicted octanol–water partition coefficient (Wildman–Crippen LogP) is 3.52. The van der Waals surface area contributed by atoms with E-state index in [1.807, 2.05) is 6.07 Å². The lowest BCUT2D eigenvalue weighted by Gasteiger charge is -2.47. The Morgan fingerprint density at radius 1 is 0.968 bits per heavy atom. The van der Waals surface area contributed by atoms with E-state index in [0.29, 0.717) is 6.54 Å². The highest BCUT2D eigenvalue weighted by Crippen LogP contribution is 2.60. The Balaban J connectivity index is 1.20. The van der Waals surface area contributed by atoms with Gasteiger partial charge in [0.15, 0.2) is 0 Å². The van der Waals surface area contributed by atoms with Crippen LogP contribution in [0.2, 0.25) is 0 Å². The first-order valence-electron chi connectivity index (χ1n) is 11.8. The molecule has 2 amide bonds. The van der Waals surface area contributed by atoms with Gasteiger partial charge in [-0.2, -0.15) is 0 Å². The van der Waals surface area contributed by atoms with Crippen LogP contribution in [0.4, 0.5) is 0 Å². The second kappa shape index (κ2) is 8.87. The van der Waals surface area contributed by atoms with Gasteiger partial charge < -0.3 is 4.90 Å². The minimum absolute atomic E-state index is 0.00249. The van der Waals surface area contributed by atoms with Crippen molar-refractivity contribution in [2.45, 2.75) is 40.0 Å². The molecule has 4 rings (SSSR count). The maximum absolute atomic E-state index is 13.1. The monoisotopic (exact) mass is 423 g/mol. The lowest BCUT2D eigenvalue weighted by atomic mass is 9.62. The summed E-state index contributed by atoms with van der Waals surface area (Å²) in [6, 6.07) is 10.4. The number of piperazine rings is 1. The van der Waals surface area contributed by atoms with Crippen LogP contribution in [0, 0.1) is 16.7 Å². The van der Waals surface area contributed by atoms with Gasteiger partial charge >= 0.3 is 0 Å². The number of rotatable bonds is 7. The zero-order valence-corrected chi connectivity index (χ0v) is 19.3. The summed E-state index contributed by atoms with van der Waals surface area (Å²) in [7, 11) is 0. The number of carbonyl (C=O) groups excluding carboxylic acids is 2. The number of amides is 2. The lowest BCUT2D eigenvalue weighted by Crippen LogP contribution is -2.59. The van der Waals surface area contributed by atoms with Crippen molar-refractivity contribution in [1.82, 2.24) is 14.7 Å². The third-order valence-electron chi connectivity index (χ3n) is 8.30. The summed E-state index contributed by atoms with van der Waals surface area (Å²) in [5, 5.41) is 0. The minimum atomic E-state index is -0.384. The number of hydrogen-bond donors (Lipinski definition) is 0. The van der Waals surface area contributed by atoms with Crippen molar-refractivity contribution in [3.8, 4) is 0 Å². The average Bonchev–Trinajstić information content (AvgIpc) is 2.96. The number of fused-ring (bicyclic) bond motifs is 2. The van der Waals surface area contributed by atoms with Crippen molar-refractivity contribution < 1.29 is 9.59 Å². The summed E-state index contributed by atoms with van der Waals surface area (Å²) in [6.07, 6.45) is 7.00. The maximum atomic E-state index is 13.1. The third kappa shape index (κ3) is 4.22. The number of imide groups is 1. The Bertz CT molecular complexity index is 826. The van der Waals surface area contributed by atoms with Crippen LogP contribution in [-0.2, 0) is 9.59 Å². The number of likely N-dealkylation sites (tertiary alicyclic amines) is 1. The van der Waals surface area contributed by atoms with Crippen LogP contribution in [0.15, 0.2) is 36.4 Å². The van der Waals surface area contributed by atoms with E-state index in [4.69, 9.17) is 0 Å². The van der Waals surface area contributed by atoms with E-state index in [2.05, 4.69) is 67.0 Å². The van der Waals surface area contributed by atoms with Crippen molar-refractivity contribution in [2.24, 2.45) is 16.7 Å².